The molecule has 0 atom stereocenters. The molecule has 0 bridgehead atoms. The summed E-state index contributed by atoms with van der Waals surface area (Å²) in [6, 6.07) is 2.47. The summed E-state index contributed by atoms with van der Waals surface area (Å²) >= 11 is 0. The summed E-state index contributed by atoms with van der Waals surface area (Å²) in [6.45, 7) is 2.07. The van der Waals surface area contributed by atoms with Gasteiger partial charge >= 0.3 is 0 Å². The van der Waals surface area contributed by atoms with Gasteiger partial charge in [0.05, 0.1) is 0 Å². The van der Waals surface area contributed by atoms with Crippen LogP contribution in [-0.2, 0) is 0 Å². The molecule has 0 aromatic carbocycles. The van der Waals surface area contributed by atoms with E-state index < -0.39 is 0 Å². The molecule has 0 saturated heterocycles. The molecule has 2 aromatic rings. The quantitative estimate of drug-likeness (QED) is 0.850. The van der Waals surface area contributed by atoms with Gasteiger partial charge in [0.25, 0.3) is 0 Å². The van der Waals surface area contributed by atoms with E-state index in [4.69, 9.17) is 5.73 Å². The zero-order valence-corrected chi connectivity index (χ0v) is 11.6. The lowest BCUT2D eigenvalue weighted by Gasteiger charge is -2.22. The number of pyridine rings is 1. The number of nitrogens with zero attached hydrogens (tertiary/aromatic N) is 3. The molecule has 2 aromatic heterocycles. The van der Waals surface area contributed by atoms with Crippen molar-refractivity contribution in [3.8, 4) is 0 Å². The van der Waals surface area contributed by atoms with Crippen LogP contribution in [-0.4, -0.2) is 14.5 Å². The third-order valence-corrected chi connectivity index (χ3v) is 4.25. The molecule has 0 aliphatic heterocycles. The van der Waals surface area contributed by atoms with Gasteiger partial charge in [-0.15, -0.1) is 0 Å². The molecular formula is C15H22N4. The average molecular weight is 258 g/mol. The summed E-state index contributed by atoms with van der Waals surface area (Å²) in [5, 5.41) is 0. The van der Waals surface area contributed by atoms with Crippen molar-refractivity contribution in [2.45, 2.75) is 57.9 Å². The van der Waals surface area contributed by atoms with Crippen molar-refractivity contribution >= 4 is 17.1 Å². The highest BCUT2D eigenvalue weighted by molar-refractivity contribution is 5.77. The number of hydrogen-bond acceptors (Lipinski definition) is 3. The van der Waals surface area contributed by atoms with Gasteiger partial charge in [-0.3, -0.25) is 4.57 Å². The van der Waals surface area contributed by atoms with Gasteiger partial charge in [-0.05, 0) is 31.4 Å². The van der Waals surface area contributed by atoms with Crippen LogP contribution in [0.3, 0.4) is 0 Å². The molecule has 4 nitrogen and oxygen atoms in total. The summed E-state index contributed by atoms with van der Waals surface area (Å²) in [4.78, 5) is 9.03. The van der Waals surface area contributed by atoms with E-state index in [0.717, 1.165) is 16.7 Å². The molecule has 0 spiro atoms. The van der Waals surface area contributed by atoms with E-state index in [9.17, 15) is 0 Å². The Kier molecular flexibility index (Phi) is 3.40. The van der Waals surface area contributed by atoms with Crippen LogP contribution in [0.2, 0.25) is 0 Å². The van der Waals surface area contributed by atoms with E-state index in [2.05, 4.69) is 21.5 Å². The van der Waals surface area contributed by atoms with Crippen LogP contribution in [0.25, 0.3) is 11.2 Å². The van der Waals surface area contributed by atoms with Gasteiger partial charge in [-0.2, -0.15) is 0 Å². The Morgan fingerprint density at radius 1 is 1.16 bits per heavy atom. The summed E-state index contributed by atoms with van der Waals surface area (Å²) in [6.07, 6.45) is 10.9. The lowest BCUT2D eigenvalue weighted by Crippen LogP contribution is -2.14. The van der Waals surface area contributed by atoms with Crippen molar-refractivity contribution in [2.24, 2.45) is 0 Å². The van der Waals surface area contributed by atoms with E-state index in [1.807, 2.05) is 12.3 Å². The highest BCUT2D eigenvalue weighted by Gasteiger charge is 2.20. The van der Waals surface area contributed by atoms with Crippen molar-refractivity contribution in [3.63, 3.8) is 0 Å². The Hall–Kier alpha value is -1.58. The second-order valence-electron chi connectivity index (χ2n) is 5.64. The predicted molar refractivity (Wildman–Crippen MR) is 78.0 cm³/mol. The zero-order valence-electron chi connectivity index (χ0n) is 11.6. The Morgan fingerprint density at radius 3 is 2.58 bits per heavy atom. The molecule has 19 heavy (non-hydrogen) atoms. The van der Waals surface area contributed by atoms with Crippen LogP contribution >= 0.6 is 0 Å². The summed E-state index contributed by atoms with van der Waals surface area (Å²) in [7, 11) is 0. The van der Waals surface area contributed by atoms with E-state index >= 15 is 0 Å². The third-order valence-electron chi connectivity index (χ3n) is 4.25. The van der Waals surface area contributed by atoms with Crippen molar-refractivity contribution < 1.29 is 0 Å². The number of fused-ring (bicyclic) bond motifs is 1. The van der Waals surface area contributed by atoms with Gasteiger partial charge in [-0.1, -0.05) is 32.1 Å². The molecule has 3 rings (SSSR count). The molecule has 1 aliphatic rings. The Bertz CT molecular complexity index is 565. The topological polar surface area (TPSA) is 56.7 Å². The number of nitrogens with two attached hydrogens (primary N) is 1. The number of aromatic nitrogens is 3. The second kappa shape index (κ2) is 5.19. The second-order valence-corrected chi connectivity index (χ2v) is 5.64. The first-order chi connectivity index (χ1) is 9.27. The molecule has 2 N–H and O–H groups in total. The highest BCUT2D eigenvalue weighted by Crippen LogP contribution is 2.31. The van der Waals surface area contributed by atoms with Gasteiger partial charge in [0.15, 0.2) is 5.65 Å². The molecule has 1 saturated carbocycles. The number of aryl methyl sites for hydroxylation is 1. The maximum Gasteiger partial charge on any atom is 0.202 e. The largest absolute Gasteiger partial charge is 0.369 e. The van der Waals surface area contributed by atoms with E-state index in [-0.39, 0.29) is 0 Å². The minimum absolute atomic E-state index is 0.472. The van der Waals surface area contributed by atoms with E-state index in [0.29, 0.717) is 12.0 Å². The fraction of sp³-hybridized carbons (Fsp3) is 0.600. The standard InChI is InChI=1S/C15H22N4/c1-11-9-10-17-14-13(11)18-15(16)19(14)12-7-5-3-2-4-6-8-12/h9-10,12H,2-8H2,1H3,(H2,16,18). The lowest BCUT2D eigenvalue weighted by atomic mass is 9.96. The maximum atomic E-state index is 6.15. The summed E-state index contributed by atoms with van der Waals surface area (Å²) in [5.74, 6) is 0.627. The van der Waals surface area contributed by atoms with Crippen molar-refractivity contribution in [2.75, 3.05) is 5.73 Å². The number of hydrogen-bond donors (Lipinski definition) is 1. The Morgan fingerprint density at radius 2 is 1.84 bits per heavy atom. The van der Waals surface area contributed by atoms with Crippen LogP contribution in [0, 0.1) is 6.92 Å². The highest BCUT2D eigenvalue weighted by atomic mass is 15.2. The van der Waals surface area contributed by atoms with Crippen molar-refractivity contribution in [1.82, 2.24) is 14.5 Å². The Balaban J connectivity index is 2.03. The number of rotatable bonds is 1. The normalized spacial score (nSPS) is 18.4. The smallest absolute Gasteiger partial charge is 0.202 e. The van der Waals surface area contributed by atoms with Crippen molar-refractivity contribution in [1.29, 1.82) is 0 Å². The van der Waals surface area contributed by atoms with E-state index in [1.165, 1.54) is 44.9 Å². The number of anilines is 1. The number of nitrogen functional groups attached to an aromatic ring is 1. The fourth-order valence-electron chi connectivity index (χ4n) is 3.18. The Labute approximate surface area is 114 Å². The van der Waals surface area contributed by atoms with Gasteiger partial charge in [0, 0.05) is 12.2 Å². The van der Waals surface area contributed by atoms with Gasteiger partial charge in [-0.25, -0.2) is 9.97 Å². The monoisotopic (exact) mass is 258 g/mol. The summed E-state index contributed by atoms with van der Waals surface area (Å²) < 4.78 is 2.17. The molecular weight excluding hydrogens is 236 g/mol. The van der Waals surface area contributed by atoms with Crippen LogP contribution < -0.4 is 5.73 Å². The number of imidazole rings is 1. The molecule has 4 heteroatoms. The first-order valence-corrected chi connectivity index (χ1v) is 7.36. The maximum absolute atomic E-state index is 6.15. The molecule has 102 valence electrons. The minimum atomic E-state index is 0.472. The van der Waals surface area contributed by atoms with E-state index in [1.54, 1.807) is 0 Å². The molecule has 0 radical (unpaired) electrons. The van der Waals surface area contributed by atoms with Crippen LogP contribution in [0.4, 0.5) is 5.95 Å². The fourth-order valence-corrected chi connectivity index (χ4v) is 3.18. The van der Waals surface area contributed by atoms with Gasteiger partial charge < -0.3 is 5.73 Å². The first kappa shape index (κ1) is 12.5. The average Bonchev–Trinajstić information content (AvgIpc) is 2.68. The van der Waals surface area contributed by atoms with Crippen LogP contribution in [0.5, 0.6) is 0 Å². The lowest BCUT2D eigenvalue weighted by molar-refractivity contribution is 0.380. The summed E-state index contributed by atoms with van der Waals surface area (Å²) in [5.41, 5.74) is 9.23. The van der Waals surface area contributed by atoms with Crippen LogP contribution in [0.15, 0.2) is 12.3 Å². The molecule has 0 amide bonds. The molecule has 1 aliphatic carbocycles. The predicted octanol–water partition coefficient (Wildman–Crippen LogP) is 3.61. The van der Waals surface area contributed by atoms with Crippen molar-refractivity contribution in [3.05, 3.63) is 17.8 Å². The molecule has 0 unspecified atom stereocenters. The first-order valence-electron chi connectivity index (χ1n) is 7.36. The zero-order chi connectivity index (χ0) is 13.2. The molecule has 2 heterocycles. The minimum Gasteiger partial charge on any atom is -0.369 e. The third kappa shape index (κ3) is 2.31. The SMILES string of the molecule is Cc1ccnc2c1nc(N)n2C1CCCCCCC1. The van der Waals surface area contributed by atoms with Crippen LogP contribution in [0.1, 0.15) is 56.6 Å². The van der Waals surface area contributed by atoms with Gasteiger partial charge in [0.1, 0.15) is 5.52 Å². The molecule has 1 fully saturated rings. The van der Waals surface area contributed by atoms with Gasteiger partial charge in [0.2, 0.25) is 5.95 Å².